The maximum Gasteiger partial charge on any atom is 0.254 e. The molecule has 0 saturated carbocycles. The molecule has 0 aromatic heterocycles. The third-order valence-corrected chi connectivity index (χ3v) is 7.56. The molecule has 0 aliphatic carbocycles. The number of piperidine rings is 1. The van der Waals surface area contributed by atoms with E-state index in [1.165, 1.54) is 16.4 Å². The molecule has 8 heteroatoms. The van der Waals surface area contributed by atoms with Crippen molar-refractivity contribution in [1.29, 1.82) is 0 Å². The van der Waals surface area contributed by atoms with E-state index >= 15 is 0 Å². The van der Waals surface area contributed by atoms with Gasteiger partial charge in [0.25, 0.3) is 5.91 Å². The van der Waals surface area contributed by atoms with Crippen molar-refractivity contribution in [3.8, 4) is 0 Å². The van der Waals surface area contributed by atoms with Gasteiger partial charge in [-0.15, -0.1) is 0 Å². The molecule has 6 nitrogen and oxygen atoms in total. The van der Waals surface area contributed by atoms with E-state index in [2.05, 4.69) is 0 Å². The molecule has 0 bridgehead atoms. The summed E-state index contributed by atoms with van der Waals surface area (Å²) in [6.07, 6.45) is 2.66. The summed E-state index contributed by atoms with van der Waals surface area (Å²) in [4.78, 5) is 14.7. The number of hydrogen-bond acceptors (Lipinski definition) is 4. The third kappa shape index (κ3) is 4.31. The van der Waals surface area contributed by atoms with Gasteiger partial charge in [0.15, 0.2) is 0 Å². The molecule has 150 valence electrons. The van der Waals surface area contributed by atoms with Crippen LogP contribution in [0.5, 0.6) is 0 Å². The summed E-state index contributed by atoms with van der Waals surface area (Å²) in [6.45, 7) is 6.95. The molecule has 1 aromatic carbocycles. The molecule has 0 unspecified atom stereocenters. The molecule has 27 heavy (non-hydrogen) atoms. The monoisotopic (exact) mass is 414 g/mol. The fourth-order valence-corrected chi connectivity index (χ4v) is 5.96. The molecule has 2 heterocycles. The Labute approximate surface area is 166 Å². The first-order valence-corrected chi connectivity index (χ1v) is 11.3. The highest BCUT2D eigenvalue weighted by Gasteiger charge is 2.34. The van der Waals surface area contributed by atoms with Crippen molar-refractivity contribution < 1.29 is 17.9 Å². The fraction of sp³-hybridized carbons (Fsp3) is 0.632. The van der Waals surface area contributed by atoms with Crippen LogP contribution in [0.3, 0.4) is 0 Å². The van der Waals surface area contributed by atoms with Crippen LogP contribution in [0.15, 0.2) is 23.1 Å². The van der Waals surface area contributed by atoms with Crippen LogP contribution in [0.25, 0.3) is 0 Å². The Kier molecular flexibility index (Phi) is 6.15. The first-order chi connectivity index (χ1) is 12.7. The van der Waals surface area contributed by atoms with Crippen LogP contribution in [0, 0.1) is 0 Å². The van der Waals surface area contributed by atoms with E-state index < -0.39 is 10.0 Å². The van der Waals surface area contributed by atoms with Crippen LogP contribution >= 0.6 is 11.6 Å². The first kappa shape index (κ1) is 20.6. The van der Waals surface area contributed by atoms with Gasteiger partial charge >= 0.3 is 0 Å². The van der Waals surface area contributed by atoms with Crippen LogP contribution < -0.4 is 0 Å². The number of sulfonamides is 1. The van der Waals surface area contributed by atoms with Crippen LogP contribution in [-0.4, -0.2) is 61.4 Å². The van der Waals surface area contributed by atoms with E-state index in [4.69, 9.17) is 16.3 Å². The number of likely N-dealkylation sites (tertiary alicyclic amines) is 1. The molecule has 2 aliphatic heterocycles. The van der Waals surface area contributed by atoms with Crippen LogP contribution in [0.2, 0.25) is 5.02 Å². The van der Waals surface area contributed by atoms with E-state index in [9.17, 15) is 13.2 Å². The molecule has 2 saturated heterocycles. The molecule has 0 spiro atoms. The topological polar surface area (TPSA) is 66.9 Å². The normalized spacial score (nSPS) is 27.6. The average Bonchev–Trinajstić information content (AvgIpc) is 2.61. The summed E-state index contributed by atoms with van der Waals surface area (Å²) >= 11 is 6.23. The number of morpholine rings is 1. The number of ether oxygens (including phenoxy) is 1. The Bertz CT molecular complexity index is 804. The van der Waals surface area contributed by atoms with Crippen LogP contribution in [0.1, 0.15) is 50.4 Å². The molecule has 1 aromatic rings. The minimum atomic E-state index is -3.81. The fourth-order valence-electron chi connectivity index (χ4n) is 3.87. The Morgan fingerprint density at radius 2 is 1.81 bits per heavy atom. The van der Waals surface area contributed by atoms with Gasteiger partial charge < -0.3 is 9.64 Å². The van der Waals surface area contributed by atoms with Gasteiger partial charge in [-0.2, -0.15) is 4.31 Å². The maximum atomic E-state index is 13.2. The van der Waals surface area contributed by atoms with E-state index in [0.717, 1.165) is 19.3 Å². The van der Waals surface area contributed by atoms with Gasteiger partial charge in [0, 0.05) is 31.2 Å². The number of hydrogen-bond donors (Lipinski definition) is 0. The molecule has 0 radical (unpaired) electrons. The van der Waals surface area contributed by atoms with Crippen molar-refractivity contribution in [2.24, 2.45) is 0 Å². The standard InChI is InChI=1S/C19H27ClN2O4S/c1-13-6-4-5-9-22(13)19(23)16-7-8-17(20)18(10-16)27(24,25)21-11-14(2)26-15(3)12-21/h7-8,10,13-15H,4-6,9,11-12H2,1-3H3/t13-,14+,15+/m1/s1. The highest BCUT2D eigenvalue weighted by Crippen LogP contribution is 2.29. The van der Waals surface area contributed by atoms with E-state index in [1.807, 2.05) is 25.7 Å². The van der Waals surface area contributed by atoms with Crippen LogP contribution in [0.4, 0.5) is 0 Å². The number of benzene rings is 1. The molecule has 2 fully saturated rings. The van der Waals surface area contributed by atoms with Gasteiger partial charge in [0.2, 0.25) is 10.0 Å². The largest absolute Gasteiger partial charge is 0.373 e. The second-order valence-corrected chi connectivity index (χ2v) is 9.88. The molecular weight excluding hydrogens is 388 g/mol. The number of carbonyl (C=O) groups is 1. The average molecular weight is 415 g/mol. The summed E-state index contributed by atoms with van der Waals surface area (Å²) in [5, 5.41) is 0.130. The SMILES string of the molecule is C[C@@H]1CCCCN1C(=O)c1ccc(Cl)c(S(=O)(=O)N2C[C@H](C)O[C@@H](C)C2)c1. The Hall–Kier alpha value is -1.15. The number of carbonyl (C=O) groups excluding carboxylic acids is 1. The molecule has 3 rings (SSSR count). The quantitative estimate of drug-likeness (QED) is 0.761. The summed E-state index contributed by atoms with van der Waals surface area (Å²) in [6, 6.07) is 4.69. The molecule has 0 N–H and O–H groups in total. The van der Waals surface area contributed by atoms with E-state index in [-0.39, 0.29) is 47.2 Å². The lowest BCUT2D eigenvalue weighted by Crippen LogP contribution is -2.48. The van der Waals surface area contributed by atoms with Crippen molar-refractivity contribution in [2.75, 3.05) is 19.6 Å². The van der Waals surface area contributed by atoms with E-state index in [1.54, 1.807) is 6.07 Å². The van der Waals surface area contributed by atoms with Gasteiger partial charge in [-0.1, -0.05) is 11.6 Å². The second kappa shape index (κ2) is 8.07. The lowest BCUT2D eigenvalue weighted by Gasteiger charge is -2.35. The van der Waals surface area contributed by atoms with Crippen molar-refractivity contribution in [2.45, 2.75) is 63.2 Å². The molecule has 3 atom stereocenters. The van der Waals surface area contributed by atoms with Crippen molar-refractivity contribution in [3.63, 3.8) is 0 Å². The van der Waals surface area contributed by atoms with Gasteiger partial charge in [0.05, 0.1) is 17.2 Å². The highest BCUT2D eigenvalue weighted by molar-refractivity contribution is 7.89. The highest BCUT2D eigenvalue weighted by atomic mass is 35.5. The predicted molar refractivity (Wildman–Crippen MR) is 105 cm³/mol. The zero-order valence-electron chi connectivity index (χ0n) is 16.0. The van der Waals surface area contributed by atoms with E-state index in [0.29, 0.717) is 12.1 Å². The number of rotatable bonds is 3. The maximum absolute atomic E-state index is 13.2. The molecular formula is C19H27ClN2O4S. The van der Waals surface area contributed by atoms with Gasteiger partial charge in [0.1, 0.15) is 4.90 Å². The Morgan fingerprint density at radius 1 is 1.15 bits per heavy atom. The van der Waals surface area contributed by atoms with Crippen molar-refractivity contribution in [3.05, 3.63) is 28.8 Å². The number of nitrogens with zero attached hydrogens (tertiary/aromatic N) is 2. The van der Waals surface area contributed by atoms with Crippen molar-refractivity contribution in [1.82, 2.24) is 9.21 Å². The Balaban J connectivity index is 1.92. The summed E-state index contributed by atoms with van der Waals surface area (Å²) in [5.74, 6) is -0.140. The number of halogens is 1. The second-order valence-electron chi connectivity index (χ2n) is 7.57. The van der Waals surface area contributed by atoms with Crippen molar-refractivity contribution >= 4 is 27.5 Å². The lowest BCUT2D eigenvalue weighted by molar-refractivity contribution is -0.0440. The summed E-state index contributed by atoms with van der Waals surface area (Å²) in [7, 11) is -3.81. The minimum absolute atomic E-state index is 0.0130. The Morgan fingerprint density at radius 3 is 2.44 bits per heavy atom. The molecule has 1 amide bonds. The molecule has 2 aliphatic rings. The number of amides is 1. The summed E-state index contributed by atoms with van der Waals surface area (Å²) in [5.41, 5.74) is 0.362. The van der Waals surface area contributed by atoms with Crippen LogP contribution in [-0.2, 0) is 14.8 Å². The van der Waals surface area contributed by atoms with Gasteiger partial charge in [-0.25, -0.2) is 8.42 Å². The third-order valence-electron chi connectivity index (χ3n) is 5.25. The zero-order valence-corrected chi connectivity index (χ0v) is 17.6. The van der Waals surface area contributed by atoms with Gasteiger partial charge in [-0.05, 0) is 58.2 Å². The summed E-state index contributed by atoms with van der Waals surface area (Å²) < 4.78 is 33.4. The predicted octanol–water partition coefficient (Wildman–Crippen LogP) is 3.15. The smallest absolute Gasteiger partial charge is 0.254 e. The zero-order chi connectivity index (χ0) is 19.8. The minimum Gasteiger partial charge on any atom is -0.373 e. The first-order valence-electron chi connectivity index (χ1n) is 9.46. The lowest BCUT2D eigenvalue weighted by atomic mass is 10.0. The van der Waals surface area contributed by atoms with Gasteiger partial charge in [-0.3, -0.25) is 4.79 Å².